The van der Waals surface area contributed by atoms with Crippen LogP contribution in [-0.4, -0.2) is 76.6 Å². The van der Waals surface area contributed by atoms with Crippen LogP contribution in [0, 0.1) is 11.8 Å². The molecule has 0 bridgehead atoms. The monoisotopic (exact) mass is 787 g/mol. The van der Waals surface area contributed by atoms with Gasteiger partial charge in [0.1, 0.15) is 17.3 Å². The van der Waals surface area contributed by atoms with Gasteiger partial charge in [-0.2, -0.15) is 18.3 Å². The Bertz CT molecular complexity index is 2130. The molecule has 0 radical (unpaired) electrons. The molecule has 3 saturated heterocycles. The first-order valence-corrected chi connectivity index (χ1v) is 18.8. The first-order valence-electron chi connectivity index (χ1n) is 18.8. The second-order valence-electron chi connectivity index (χ2n) is 15.1. The zero-order chi connectivity index (χ0) is 39.8. The van der Waals surface area contributed by atoms with Crippen LogP contribution < -0.4 is 21.1 Å². The van der Waals surface area contributed by atoms with Crippen LogP contribution in [0.15, 0.2) is 64.9 Å². The number of hydrogen-bond donors (Lipinski definition) is 3. The van der Waals surface area contributed by atoms with E-state index in [1.54, 1.807) is 24.2 Å². The molecule has 3 aliphatic heterocycles. The summed E-state index contributed by atoms with van der Waals surface area (Å²) >= 11 is 0. The van der Waals surface area contributed by atoms with Gasteiger partial charge < -0.3 is 19.5 Å². The fourth-order valence-corrected chi connectivity index (χ4v) is 8.51. The average Bonchev–Trinajstić information content (AvgIpc) is 3.41. The zero-order valence-electron chi connectivity index (χ0n) is 30.7. The number of anilines is 2. The Kier molecular flexibility index (Phi) is 11.1. The van der Waals surface area contributed by atoms with Gasteiger partial charge in [-0.05, 0) is 98.9 Å². The predicted octanol–water partition coefficient (Wildman–Crippen LogP) is 6.65. The average molecular weight is 788 g/mol. The molecule has 0 saturated carbocycles. The smallest absolute Gasteiger partial charge is 0.410 e. The van der Waals surface area contributed by atoms with Gasteiger partial charge in [0, 0.05) is 68.0 Å². The molecule has 4 aliphatic rings. The van der Waals surface area contributed by atoms with E-state index in [2.05, 4.69) is 30.5 Å². The van der Waals surface area contributed by atoms with Crippen molar-refractivity contribution < 1.29 is 40.7 Å². The fraction of sp³-hybridized carbons (Fsp3) is 0.487. The number of carbonyl (C=O) groups excluding carboxylic acids is 2. The first kappa shape index (κ1) is 39.2. The molecular weight excluding hydrogens is 744 g/mol. The highest BCUT2D eigenvalue weighted by Gasteiger charge is 2.38. The molecule has 2 aromatic heterocycles. The van der Waals surface area contributed by atoms with Crippen LogP contribution in [0.4, 0.5) is 37.7 Å². The summed E-state index contributed by atoms with van der Waals surface area (Å²) in [6, 6.07) is 3.21. The van der Waals surface area contributed by atoms with Crippen molar-refractivity contribution in [3.8, 4) is 0 Å². The number of allylic oxidation sites excluding steroid dienone is 5. The standard InChI is InChI=1S/C39H43F6N7O4/c1-50-22-30(29-20-46-49-35(29)37(50)55)26-5-4-23(17-28(18-26)56-39(43,44)45)21-51-13-2-3-24(10-14-51)25-11-15-52(16-12-25)33-8-6-27(19-31(33)38(40,41)42)47-32-7-9-34(53)48-36(32)54/h4-6,8,18-20,22,24-25,32,47H,2-3,7,9-17,21H2,1H3,(H,46,49)(H,48,53,54). The highest BCUT2D eigenvalue weighted by atomic mass is 19.4. The molecule has 5 heterocycles. The Morgan fingerprint density at radius 2 is 1.70 bits per heavy atom. The van der Waals surface area contributed by atoms with Crippen LogP contribution in [0.2, 0.25) is 0 Å². The number of benzene rings is 1. The SMILES string of the molecule is Cn1cc(C2=CC=C(CN3CCCC(C4CCN(c5ccc(NC6CCC(=O)NC6=O)cc5C(F)(F)F)CC4)CC3)CC(OC(F)(F)F)=C2)c2cn[nH]c2c1=O. The minimum absolute atomic E-state index is 0.0495. The summed E-state index contributed by atoms with van der Waals surface area (Å²) in [6.45, 7) is 2.85. The van der Waals surface area contributed by atoms with E-state index >= 15 is 0 Å². The van der Waals surface area contributed by atoms with E-state index in [0.717, 1.165) is 56.8 Å². The molecule has 0 spiro atoms. The molecule has 56 heavy (non-hydrogen) atoms. The third-order valence-electron chi connectivity index (χ3n) is 11.3. The summed E-state index contributed by atoms with van der Waals surface area (Å²) in [5.41, 5.74) is 1.14. The lowest BCUT2D eigenvalue weighted by Crippen LogP contribution is -2.47. The minimum Gasteiger partial charge on any atom is -0.410 e. The number of nitrogens with zero attached hydrogens (tertiary/aromatic N) is 4. The number of aromatic amines is 1. The van der Waals surface area contributed by atoms with E-state index in [-0.39, 0.29) is 47.5 Å². The molecule has 1 aliphatic carbocycles. The Morgan fingerprint density at radius 1 is 0.946 bits per heavy atom. The zero-order valence-corrected chi connectivity index (χ0v) is 30.7. The summed E-state index contributed by atoms with van der Waals surface area (Å²) in [4.78, 5) is 40.2. The molecule has 3 fully saturated rings. The van der Waals surface area contributed by atoms with E-state index in [4.69, 9.17) is 0 Å². The highest BCUT2D eigenvalue weighted by Crippen LogP contribution is 2.41. The van der Waals surface area contributed by atoms with Crippen LogP contribution in [0.1, 0.15) is 62.5 Å². The Balaban J connectivity index is 0.989. The van der Waals surface area contributed by atoms with Crippen LogP contribution in [0.3, 0.4) is 0 Å². The van der Waals surface area contributed by atoms with Crippen LogP contribution in [-0.2, 0) is 27.5 Å². The third-order valence-corrected chi connectivity index (χ3v) is 11.3. The Morgan fingerprint density at radius 3 is 2.43 bits per heavy atom. The molecule has 17 heteroatoms. The topological polar surface area (TPSA) is 125 Å². The van der Waals surface area contributed by atoms with Crippen molar-refractivity contribution in [1.29, 1.82) is 0 Å². The number of aryl methyl sites for hydroxylation is 1. The molecule has 3 N–H and O–H groups in total. The second-order valence-corrected chi connectivity index (χ2v) is 15.1. The number of imide groups is 1. The maximum atomic E-state index is 14.3. The van der Waals surface area contributed by atoms with Gasteiger partial charge in [-0.25, -0.2) is 0 Å². The summed E-state index contributed by atoms with van der Waals surface area (Å²) in [7, 11) is 1.56. The number of pyridine rings is 1. The molecule has 2 amide bonds. The Hall–Kier alpha value is -5.06. The van der Waals surface area contributed by atoms with Crippen molar-refractivity contribution in [2.45, 2.75) is 69.9 Å². The molecule has 300 valence electrons. The van der Waals surface area contributed by atoms with Gasteiger partial charge in [-0.1, -0.05) is 12.2 Å². The predicted molar refractivity (Wildman–Crippen MR) is 197 cm³/mol. The van der Waals surface area contributed by atoms with Gasteiger partial charge in [0.05, 0.1) is 11.8 Å². The molecule has 11 nitrogen and oxygen atoms in total. The summed E-state index contributed by atoms with van der Waals surface area (Å²) in [5.74, 6) is -0.534. The molecular formula is C39H43F6N7O4. The van der Waals surface area contributed by atoms with Crippen molar-refractivity contribution in [3.05, 3.63) is 81.6 Å². The number of carbonyl (C=O) groups is 2. The van der Waals surface area contributed by atoms with Crippen molar-refractivity contribution in [3.63, 3.8) is 0 Å². The number of rotatable bonds is 8. The van der Waals surface area contributed by atoms with Crippen LogP contribution in [0.5, 0.6) is 0 Å². The lowest BCUT2D eigenvalue weighted by atomic mass is 9.80. The number of ether oxygens (including phenoxy) is 1. The van der Waals surface area contributed by atoms with Gasteiger partial charge in [0.25, 0.3) is 5.56 Å². The van der Waals surface area contributed by atoms with Gasteiger partial charge in [0.2, 0.25) is 11.8 Å². The van der Waals surface area contributed by atoms with Gasteiger partial charge in [0.15, 0.2) is 0 Å². The number of fused-ring (bicyclic) bond motifs is 1. The number of nitrogens with one attached hydrogen (secondary N) is 3. The van der Waals surface area contributed by atoms with E-state index in [0.29, 0.717) is 48.0 Å². The number of hydrogen-bond acceptors (Lipinski definition) is 8. The van der Waals surface area contributed by atoms with E-state index in [1.165, 1.54) is 29.0 Å². The molecule has 2 unspecified atom stereocenters. The van der Waals surface area contributed by atoms with Crippen molar-refractivity contribution in [1.82, 2.24) is 25.0 Å². The number of alkyl halides is 6. The van der Waals surface area contributed by atoms with Gasteiger partial charge in [-0.3, -0.25) is 29.7 Å². The second kappa shape index (κ2) is 15.8. The molecule has 7 rings (SSSR count). The largest absolute Gasteiger partial charge is 0.572 e. The lowest BCUT2D eigenvalue weighted by molar-refractivity contribution is -0.306. The van der Waals surface area contributed by atoms with Gasteiger partial charge >= 0.3 is 12.5 Å². The number of H-pyrrole nitrogens is 1. The van der Waals surface area contributed by atoms with E-state index in [1.807, 2.05) is 6.08 Å². The van der Waals surface area contributed by atoms with Crippen LogP contribution >= 0.6 is 0 Å². The first-order chi connectivity index (χ1) is 26.6. The summed E-state index contributed by atoms with van der Waals surface area (Å²) in [6.07, 6.45) is 2.88. The quantitative estimate of drug-likeness (QED) is 0.171. The van der Waals surface area contributed by atoms with Crippen LogP contribution in [0.25, 0.3) is 16.5 Å². The summed E-state index contributed by atoms with van der Waals surface area (Å²) in [5, 5.41) is 12.2. The molecule has 2 atom stereocenters. The number of likely N-dealkylation sites (tertiary alicyclic amines) is 1. The maximum absolute atomic E-state index is 14.3. The third kappa shape index (κ3) is 8.98. The lowest BCUT2D eigenvalue weighted by Gasteiger charge is -2.38. The number of halogens is 6. The normalized spacial score (nSPS) is 22.2. The minimum atomic E-state index is -4.89. The van der Waals surface area contributed by atoms with E-state index < -0.39 is 36.0 Å². The molecule has 1 aromatic carbocycles. The van der Waals surface area contributed by atoms with E-state index in [9.17, 15) is 40.7 Å². The fourth-order valence-electron chi connectivity index (χ4n) is 8.51. The molecule has 3 aromatic rings. The Labute approximate surface area is 318 Å². The maximum Gasteiger partial charge on any atom is 0.572 e. The van der Waals surface area contributed by atoms with Crippen molar-refractivity contribution in [2.24, 2.45) is 18.9 Å². The number of aromatic nitrogens is 3. The number of piperidine rings is 2. The number of amides is 2. The van der Waals surface area contributed by atoms with Gasteiger partial charge in [-0.15, -0.1) is 13.2 Å². The summed E-state index contributed by atoms with van der Waals surface area (Å²) < 4.78 is 89.4. The highest BCUT2D eigenvalue weighted by molar-refractivity contribution is 6.01. The van der Waals surface area contributed by atoms with Crippen molar-refractivity contribution in [2.75, 3.05) is 42.9 Å². The van der Waals surface area contributed by atoms with Crippen molar-refractivity contribution >= 4 is 39.7 Å².